The molecule has 0 atom stereocenters. The monoisotopic (exact) mass is 577 g/mol. The molecule has 0 bridgehead atoms. The molecule has 3 aromatic heterocycles. The molecule has 0 unspecified atom stereocenters. The molecule has 5 rings (SSSR count). The van der Waals surface area contributed by atoms with E-state index in [1.54, 1.807) is 15.4 Å². The van der Waals surface area contributed by atoms with Gasteiger partial charge in [0.2, 0.25) is 0 Å². The van der Waals surface area contributed by atoms with Crippen molar-refractivity contribution in [1.29, 1.82) is 0 Å². The minimum Gasteiger partial charge on any atom is -0.333 e. The predicted molar refractivity (Wildman–Crippen MR) is 171 cm³/mol. The topological polar surface area (TPSA) is 91.7 Å². The smallest absolute Gasteiger partial charge is 0.332 e. The van der Waals surface area contributed by atoms with Gasteiger partial charge in [-0.05, 0) is 61.1 Å². The fourth-order valence-electron chi connectivity index (χ4n) is 5.63. The quantitative estimate of drug-likeness (QED) is 0.222. The molecule has 0 aliphatic heterocycles. The van der Waals surface area contributed by atoms with Gasteiger partial charge in [-0.15, -0.1) is 0 Å². The van der Waals surface area contributed by atoms with Crippen LogP contribution in [-0.2, 0) is 33.7 Å². The Balaban J connectivity index is 1.45. The van der Waals surface area contributed by atoms with E-state index in [9.17, 15) is 9.59 Å². The maximum Gasteiger partial charge on any atom is 0.332 e. The van der Waals surface area contributed by atoms with E-state index in [-0.39, 0.29) is 17.2 Å². The van der Waals surface area contributed by atoms with Crippen molar-refractivity contribution in [2.24, 2.45) is 20.0 Å². The summed E-state index contributed by atoms with van der Waals surface area (Å²) in [6, 6.07) is 12.4. The third-order valence-electron chi connectivity index (χ3n) is 7.65. The van der Waals surface area contributed by atoms with Crippen LogP contribution in [0.25, 0.3) is 22.6 Å². The molecule has 0 fully saturated rings. The molecule has 9 nitrogen and oxygen atoms in total. The third kappa shape index (κ3) is 6.11. The molecule has 0 aliphatic carbocycles. The highest BCUT2D eigenvalue weighted by atomic mass is 16.2. The lowest BCUT2D eigenvalue weighted by Crippen LogP contribution is -2.38. The van der Waals surface area contributed by atoms with Gasteiger partial charge in [0.05, 0.1) is 13.1 Å². The second-order valence-electron chi connectivity index (χ2n) is 11.7. The van der Waals surface area contributed by atoms with Crippen molar-refractivity contribution in [3.05, 3.63) is 103 Å². The van der Waals surface area contributed by atoms with Crippen LogP contribution < -0.4 is 16.6 Å². The van der Waals surface area contributed by atoms with Gasteiger partial charge in [0.1, 0.15) is 11.1 Å². The number of nitrogens with one attached hydrogen (secondary N) is 1. The van der Waals surface area contributed by atoms with Crippen LogP contribution in [0.15, 0.2) is 58.4 Å². The first-order chi connectivity index (χ1) is 20.5. The van der Waals surface area contributed by atoms with Gasteiger partial charge >= 0.3 is 5.69 Å². The van der Waals surface area contributed by atoms with Crippen molar-refractivity contribution in [3.8, 4) is 23.4 Å². The normalized spacial score (nSPS) is 11.3. The summed E-state index contributed by atoms with van der Waals surface area (Å²) in [7, 11) is 3.40. The van der Waals surface area contributed by atoms with Crippen molar-refractivity contribution < 1.29 is 0 Å². The van der Waals surface area contributed by atoms with Gasteiger partial charge in [-0.25, -0.2) is 9.78 Å². The van der Waals surface area contributed by atoms with Gasteiger partial charge in [-0.1, -0.05) is 55.5 Å². The van der Waals surface area contributed by atoms with E-state index in [1.807, 2.05) is 55.9 Å². The van der Waals surface area contributed by atoms with Crippen LogP contribution in [0, 0.1) is 38.5 Å². The van der Waals surface area contributed by atoms with Crippen molar-refractivity contribution in [2.45, 2.75) is 54.3 Å². The average molecular weight is 578 g/mol. The van der Waals surface area contributed by atoms with Gasteiger partial charge in [-0.2, -0.15) is 5.10 Å². The maximum absolute atomic E-state index is 13.5. The number of rotatable bonds is 8. The Hall–Kier alpha value is -4.68. The first kappa shape index (κ1) is 29.8. The fraction of sp³-hybridized carbons (Fsp3) is 0.353. The fourth-order valence-corrected chi connectivity index (χ4v) is 5.63. The van der Waals surface area contributed by atoms with Crippen LogP contribution in [0.4, 0.5) is 0 Å². The van der Waals surface area contributed by atoms with E-state index in [2.05, 4.69) is 55.0 Å². The molecular formula is C34H39N7O2. The van der Waals surface area contributed by atoms with E-state index in [0.717, 1.165) is 22.2 Å². The highest BCUT2D eigenvalue weighted by Gasteiger charge is 2.24. The molecule has 9 heteroatoms. The standard InChI is InChI=1S/C34H39N7O2/c1-22(2)20-40-31-29(33(42)39(7)34(40)43)30(32-36-14-15-38(32)6)41(37-31)21-27-11-8-10-26(18-27)12-9-13-35-19-28-24(4)16-23(3)17-25(28)5/h8,10-11,14-18,22,35H,13,19-21H2,1-7H3. The van der Waals surface area contributed by atoms with Gasteiger partial charge in [0.25, 0.3) is 5.56 Å². The van der Waals surface area contributed by atoms with Crippen molar-refractivity contribution in [1.82, 2.24) is 33.8 Å². The van der Waals surface area contributed by atoms with Crippen molar-refractivity contribution in [3.63, 3.8) is 0 Å². The van der Waals surface area contributed by atoms with E-state index in [4.69, 9.17) is 5.10 Å². The molecule has 2 aromatic carbocycles. The first-order valence-electron chi connectivity index (χ1n) is 14.6. The second kappa shape index (κ2) is 12.3. The van der Waals surface area contributed by atoms with E-state index in [1.165, 1.54) is 29.3 Å². The molecule has 222 valence electrons. The van der Waals surface area contributed by atoms with Crippen LogP contribution in [0.2, 0.25) is 0 Å². The number of aromatic nitrogens is 6. The Morgan fingerprint density at radius 1 is 1.02 bits per heavy atom. The Kier molecular flexibility index (Phi) is 8.51. The number of hydrogen-bond donors (Lipinski definition) is 1. The number of fused-ring (bicyclic) bond motifs is 1. The summed E-state index contributed by atoms with van der Waals surface area (Å²) in [5.74, 6) is 7.31. The van der Waals surface area contributed by atoms with Gasteiger partial charge < -0.3 is 9.88 Å². The van der Waals surface area contributed by atoms with Crippen LogP contribution in [-0.4, -0.2) is 35.0 Å². The van der Waals surface area contributed by atoms with E-state index < -0.39 is 0 Å². The minimum atomic E-state index is -0.382. The van der Waals surface area contributed by atoms with Crippen molar-refractivity contribution in [2.75, 3.05) is 6.54 Å². The summed E-state index contributed by atoms with van der Waals surface area (Å²) in [5.41, 5.74) is 7.26. The molecule has 0 amide bonds. The van der Waals surface area contributed by atoms with Crippen LogP contribution in [0.5, 0.6) is 0 Å². The molecule has 1 N–H and O–H groups in total. The van der Waals surface area contributed by atoms with Gasteiger partial charge in [0, 0.05) is 45.1 Å². The summed E-state index contributed by atoms with van der Waals surface area (Å²) in [6.45, 7) is 12.7. The molecule has 0 spiro atoms. The highest BCUT2D eigenvalue weighted by molar-refractivity contribution is 5.89. The number of imidazole rings is 1. The van der Waals surface area contributed by atoms with Gasteiger partial charge in [0.15, 0.2) is 11.5 Å². The predicted octanol–water partition coefficient (Wildman–Crippen LogP) is 4.07. The highest BCUT2D eigenvalue weighted by Crippen LogP contribution is 2.26. The summed E-state index contributed by atoms with van der Waals surface area (Å²) >= 11 is 0. The second-order valence-corrected chi connectivity index (χ2v) is 11.7. The van der Waals surface area contributed by atoms with E-state index in [0.29, 0.717) is 42.2 Å². The van der Waals surface area contributed by atoms with Crippen LogP contribution >= 0.6 is 0 Å². The molecule has 43 heavy (non-hydrogen) atoms. The summed E-state index contributed by atoms with van der Waals surface area (Å²) in [4.78, 5) is 31.2. The lowest BCUT2D eigenvalue weighted by molar-refractivity contribution is 0.498. The summed E-state index contributed by atoms with van der Waals surface area (Å²) in [6.07, 6.45) is 3.53. The summed E-state index contributed by atoms with van der Waals surface area (Å²) < 4.78 is 6.40. The number of nitrogens with zero attached hydrogens (tertiary/aromatic N) is 6. The SMILES string of the molecule is Cc1cc(C)c(CNCC#Cc2cccc(Cn3nc4c(c3-c3nccn3C)c(=O)n(C)c(=O)n4CC(C)C)c2)c(C)c1. The van der Waals surface area contributed by atoms with E-state index >= 15 is 0 Å². The third-order valence-corrected chi connectivity index (χ3v) is 7.65. The first-order valence-corrected chi connectivity index (χ1v) is 14.6. The molecule has 0 radical (unpaired) electrons. The summed E-state index contributed by atoms with van der Waals surface area (Å²) in [5, 5.41) is 8.69. The molecule has 3 heterocycles. The zero-order valence-electron chi connectivity index (χ0n) is 26.0. The minimum absolute atomic E-state index is 0.190. The molecular weight excluding hydrogens is 538 g/mol. The molecule has 0 aliphatic rings. The molecule has 0 saturated heterocycles. The molecule has 0 saturated carbocycles. The van der Waals surface area contributed by atoms with Crippen LogP contribution in [0.1, 0.15) is 47.2 Å². The number of benzene rings is 2. The largest absolute Gasteiger partial charge is 0.333 e. The average Bonchev–Trinajstić information content (AvgIpc) is 3.53. The van der Waals surface area contributed by atoms with Crippen molar-refractivity contribution >= 4 is 11.0 Å². The Labute approximate surface area is 251 Å². The lowest BCUT2D eigenvalue weighted by Gasteiger charge is -2.11. The number of hydrogen-bond acceptors (Lipinski definition) is 5. The Morgan fingerprint density at radius 2 is 1.77 bits per heavy atom. The molecule has 5 aromatic rings. The zero-order chi connectivity index (χ0) is 30.8. The lowest BCUT2D eigenvalue weighted by atomic mass is 10.00. The Morgan fingerprint density at radius 3 is 2.44 bits per heavy atom. The number of aryl methyl sites for hydroxylation is 4. The maximum atomic E-state index is 13.5. The Bertz CT molecular complexity index is 1970. The van der Waals surface area contributed by atoms with Gasteiger partial charge in [-0.3, -0.25) is 18.6 Å². The zero-order valence-corrected chi connectivity index (χ0v) is 26.0. The van der Waals surface area contributed by atoms with Crippen LogP contribution in [0.3, 0.4) is 0 Å².